The number of ether oxygens (including phenoxy) is 1. The van der Waals surface area contributed by atoms with E-state index in [4.69, 9.17) is 4.74 Å². The minimum atomic E-state index is -0.0532. The highest BCUT2D eigenvalue weighted by Gasteiger charge is 2.22. The van der Waals surface area contributed by atoms with E-state index in [0.29, 0.717) is 32.7 Å². The van der Waals surface area contributed by atoms with Crippen LogP contribution in [0.5, 0.6) is 0 Å². The van der Waals surface area contributed by atoms with Gasteiger partial charge in [-0.1, -0.05) is 78.9 Å². The molecule has 37 heavy (non-hydrogen) atoms. The summed E-state index contributed by atoms with van der Waals surface area (Å²) >= 11 is 0. The Bertz CT molecular complexity index is 1270. The molecular weight excluding hydrogens is 462 g/mol. The van der Waals surface area contributed by atoms with Crippen LogP contribution < -0.4 is 0 Å². The average Bonchev–Trinajstić information content (AvgIpc) is 3.34. The topological polar surface area (TPSA) is 65.6 Å². The van der Waals surface area contributed by atoms with Gasteiger partial charge in [0.15, 0.2) is 0 Å². The van der Waals surface area contributed by atoms with E-state index < -0.39 is 0 Å². The fourth-order valence-electron chi connectivity index (χ4n) is 4.53. The zero-order valence-corrected chi connectivity index (χ0v) is 21.4. The smallest absolute Gasteiger partial charge is 0.242 e. The molecule has 0 aliphatic rings. The van der Waals surface area contributed by atoms with E-state index in [2.05, 4.69) is 17.1 Å². The molecule has 0 aliphatic carbocycles. The number of carbonyl (C=O) groups excluding carboxylic acids is 2. The highest BCUT2D eigenvalue weighted by Crippen LogP contribution is 2.19. The number of aromatic nitrogens is 1. The Kier molecular flexibility index (Phi) is 9.49. The summed E-state index contributed by atoms with van der Waals surface area (Å²) in [4.78, 5) is 33.8. The quantitative estimate of drug-likeness (QED) is 0.269. The molecule has 2 amide bonds. The second-order valence-corrected chi connectivity index (χ2v) is 9.23. The van der Waals surface area contributed by atoms with Crippen LogP contribution in [0.1, 0.15) is 23.1 Å². The maximum absolute atomic E-state index is 13.7. The molecule has 0 saturated carbocycles. The second-order valence-electron chi connectivity index (χ2n) is 9.23. The number of methoxy groups -OCH3 is 1. The van der Waals surface area contributed by atoms with Gasteiger partial charge in [0.05, 0.1) is 13.0 Å². The molecule has 0 fully saturated rings. The van der Waals surface area contributed by atoms with Gasteiger partial charge in [-0.05, 0) is 35.6 Å². The van der Waals surface area contributed by atoms with Crippen molar-refractivity contribution in [1.82, 2.24) is 14.8 Å². The van der Waals surface area contributed by atoms with E-state index in [-0.39, 0.29) is 24.8 Å². The van der Waals surface area contributed by atoms with Gasteiger partial charge >= 0.3 is 0 Å². The van der Waals surface area contributed by atoms with Crippen LogP contribution in [0.3, 0.4) is 0 Å². The Morgan fingerprint density at radius 1 is 0.784 bits per heavy atom. The van der Waals surface area contributed by atoms with E-state index in [9.17, 15) is 9.59 Å². The number of hydrogen-bond acceptors (Lipinski definition) is 3. The maximum Gasteiger partial charge on any atom is 0.242 e. The van der Waals surface area contributed by atoms with Gasteiger partial charge < -0.3 is 19.5 Å². The molecule has 4 aromatic rings. The van der Waals surface area contributed by atoms with Crippen molar-refractivity contribution in [3.8, 4) is 0 Å². The molecule has 0 unspecified atom stereocenters. The van der Waals surface area contributed by atoms with Crippen molar-refractivity contribution in [3.63, 3.8) is 0 Å². The third-order valence-electron chi connectivity index (χ3n) is 6.55. The van der Waals surface area contributed by atoms with Crippen molar-refractivity contribution in [3.05, 3.63) is 108 Å². The largest absolute Gasteiger partial charge is 0.385 e. The summed E-state index contributed by atoms with van der Waals surface area (Å²) in [6.07, 6.45) is 3.70. The molecule has 4 rings (SSSR count). The summed E-state index contributed by atoms with van der Waals surface area (Å²) < 4.78 is 5.20. The lowest BCUT2D eigenvalue weighted by molar-refractivity contribution is -0.140. The van der Waals surface area contributed by atoms with Crippen LogP contribution in [-0.2, 0) is 33.7 Å². The van der Waals surface area contributed by atoms with Gasteiger partial charge in [-0.2, -0.15) is 0 Å². The number of rotatable bonds is 13. The van der Waals surface area contributed by atoms with Crippen LogP contribution in [0, 0.1) is 0 Å². The fourth-order valence-corrected chi connectivity index (χ4v) is 4.53. The highest BCUT2D eigenvalue weighted by molar-refractivity contribution is 5.86. The minimum Gasteiger partial charge on any atom is -0.385 e. The number of carbonyl (C=O) groups is 2. The monoisotopic (exact) mass is 497 g/mol. The van der Waals surface area contributed by atoms with Crippen LogP contribution >= 0.6 is 0 Å². The summed E-state index contributed by atoms with van der Waals surface area (Å²) in [5.41, 5.74) is 4.28. The molecule has 1 heterocycles. The fraction of sp³-hybridized carbons (Fsp3) is 0.290. The molecule has 192 valence electrons. The summed E-state index contributed by atoms with van der Waals surface area (Å²) in [5.74, 6) is -0.102. The SMILES string of the molecule is COCCCN(CC(=O)N(CCc1c[nH]c2ccccc12)Cc1ccccc1)C(=O)Cc1ccccc1. The molecule has 1 aromatic heterocycles. The van der Waals surface area contributed by atoms with Gasteiger partial charge in [0, 0.05) is 50.5 Å². The number of aromatic amines is 1. The van der Waals surface area contributed by atoms with Crippen LogP contribution in [-0.4, -0.2) is 59.9 Å². The third kappa shape index (κ3) is 7.54. The number of amides is 2. The molecule has 6 heteroatoms. The molecular formula is C31H35N3O3. The first-order valence-corrected chi connectivity index (χ1v) is 12.8. The normalized spacial score (nSPS) is 10.9. The van der Waals surface area contributed by atoms with E-state index in [0.717, 1.165) is 23.1 Å². The first kappa shape index (κ1) is 26.2. The lowest BCUT2D eigenvalue weighted by Gasteiger charge is -2.28. The second kappa shape index (κ2) is 13.4. The van der Waals surface area contributed by atoms with Crippen molar-refractivity contribution < 1.29 is 14.3 Å². The molecule has 3 aromatic carbocycles. The Morgan fingerprint density at radius 2 is 1.46 bits per heavy atom. The Balaban J connectivity index is 1.49. The van der Waals surface area contributed by atoms with Gasteiger partial charge in [-0.25, -0.2) is 0 Å². The lowest BCUT2D eigenvalue weighted by atomic mass is 10.1. The average molecular weight is 498 g/mol. The predicted molar refractivity (Wildman–Crippen MR) is 147 cm³/mol. The summed E-state index contributed by atoms with van der Waals surface area (Å²) in [5, 5.41) is 1.17. The third-order valence-corrected chi connectivity index (χ3v) is 6.55. The van der Waals surface area contributed by atoms with Crippen LogP contribution in [0.25, 0.3) is 10.9 Å². The van der Waals surface area contributed by atoms with E-state index in [1.807, 2.05) is 83.9 Å². The van der Waals surface area contributed by atoms with E-state index >= 15 is 0 Å². The number of H-pyrrole nitrogens is 1. The number of hydrogen-bond donors (Lipinski definition) is 1. The summed E-state index contributed by atoms with van der Waals surface area (Å²) in [6, 6.07) is 27.9. The van der Waals surface area contributed by atoms with E-state index in [1.165, 1.54) is 10.9 Å². The standard InChI is InChI=1S/C31H35N3O3/c1-37-20-10-18-33(30(35)21-25-11-4-2-5-12-25)24-31(36)34(23-26-13-6-3-7-14-26)19-17-27-22-32-29-16-9-8-15-28(27)29/h2-9,11-16,22,32H,10,17-21,23-24H2,1H3. The lowest BCUT2D eigenvalue weighted by Crippen LogP contribution is -2.44. The van der Waals surface area contributed by atoms with Crippen molar-refractivity contribution in [2.75, 3.05) is 33.4 Å². The summed E-state index contributed by atoms with van der Waals surface area (Å²) in [6.45, 7) is 2.13. The zero-order chi connectivity index (χ0) is 25.9. The van der Waals surface area contributed by atoms with Crippen LogP contribution in [0.15, 0.2) is 91.1 Å². The molecule has 0 radical (unpaired) electrons. The number of nitrogens with one attached hydrogen (secondary N) is 1. The molecule has 0 saturated heterocycles. The number of fused-ring (bicyclic) bond motifs is 1. The van der Waals surface area contributed by atoms with Gasteiger partial charge in [0.2, 0.25) is 11.8 Å². The van der Waals surface area contributed by atoms with Crippen molar-refractivity contribution in [2.24, 2.45) is 0 Å². The molecule has 6 nitrogen and oxygen atoms in total. The van der Waals surface area contributed by atoms with Gasteiger partial charge in [0.1, 0.15) is 0 Å². The molecule has 0 aliphatic heterocycles. The van der Waals surface area contributed by atoms with Gasteiger partial charge in [-0.3, -0.25) is 9.59 Å². The van der Waals surface area contributed by atoms with Gasteiger partial charge in [-0.15, -0.1) is 0 Å². The van der Waals surface area contributed by atoms with Crippen molar-refractivity contribution in [1.29, 1.82) is 0 Å². The Morgan fingerprint density at radius 3 is 2.19 bits per heavy atom. The number of para-hydroxylation sites is 1. The first-order valence-electron chi connectivity index (χ1n) is 12.8. The Hall–Kier alpha value is -3.90. The molecule has 0 spiro atoms. The Labute approximate surface area is 218 Å². The first-order chi connectivity index (χ1) is 18.1. The molecule has 0 atom stereocenters. The highest BCUT2D eigenvalue weighted by atomic mass is 16.5. The van der Waals surface area contributed by atoms with Crippen molar-refractivity contribution in [2.45, 2.75) is 25.8 Å². The van der Waals surface area contributed by atoms with Crippen LogP contribution in [0.4, 0.5) is 0 Å². The van der Waals surface area contributed by atoms with E-state index in [1.54, 1.807) is 12.0 Å². The predicted octanol–water partition coefficient (Wildman–Crippen LogP) is 4.85. The zero-order valence-electron chi connectivity index (χ0n) is 21.4. The maximum atomic E-state index is 13.7. The van der Waals surface area contributed by atoms with Crippen molar-refractivity contribution >= 4 is 22.7 Å². The molecule has 1 N–H and O–H groups in total. The number of nitrogens with zero attached hydrogens (tertiary/aromatic N) is 2. The van der Waals surface area contributed by atoms with Gasteiger partial charge in [0.25, 0.3) is 0 Å². The minimum absolute atomic E-state index is 0.0491. The number of benzene rings is 3. The molecule has 0 bridgehead atoms. The van der Waals surface area contributed by atoms with Crippen LogP contribution in [0.2, 0.25) is 0 Å². The summed E-state index contributed by atoms with van der Waals surface area (Å²) in [7, 11) is 1.65.